The van der Waals surface area contributed by atoms with Crippen molar-refractivity contribution in [1.29, 1.82) is 0 Å². The smallest absolute Gasteiger partial charge is 0.196 e. The lowest BCUT2D eigenvalue weighted by molar-refractivity contribution is 0.309. The Morgan fingerprint density at radius 3 is 2.67 bits per heavy atom. The molecule has 0 amide bonds. The highest BCUT2D eigenvalue weighted by atomic mass is 32.2. The van der Waals surface area contributed by atoms with E-state index in [2.05, 4.69) is 22.2 Å². The van der Waals surface area contributed by atoms with E-state index in [4.69, 9.17) is 4.74 Å². The lowest BCUT2D eigenvalue weighted by atomic mass is 10.1. The summed E-state index contributed by atoms with van der Waals surface area (Å²) in [6.07, 6.45) is 5.76. The lowest BCUT2D eigenvalue weighted by Gasteiger charge is -2.05. The van der Waals surface area contributed by atoms with Crippen molar-refractivity contribution in [1.82, 2.24) is 24.2 Å². The molecule has 0 saturated heterocycles. The highest BCUT2D eigenvalue weighted by Crippen LogP contribution is 2.27. The van der Waals surface area contributed by atoms with Gasteiger partial charge in [0.05, 0.1) is 12.3 Å². The van der Waals surface area contributed by atoms with Crippen LogP contribution >= 0.6 is 11.8 Å². The quantitative estimate of drug-likeness (QED) is 0.214. The van der Waals surface area contributed by atoms with Gasteiger partial charge in [0.15, 0.2) is 10.8 Å². The van der Waals surface area contributed by atoms with Gasteiger partial charge in [-0.15, -0.1) is 10.2 Å². The molecule has 0 atom stereocenters. The first-order valence-electron chi connectivity index (χ1n) is 10.7. The minimum atomic E-state index is -0.466. The van der Waals surface area contributed by atoms with Gasteiger partial charge in [0.1, 0.15) is 22.9 Å². The average molecular weight is 466 g/mol. The van der Waals surface area contributed by atoms with Crippen LogP contribution in [0.1, 0.15) is 25.3 Å². The molecular formula is C24H21F2N5OS. The van der Waals surface area contributed by atoms with Crippen LogP contribution in [0.3, 0.4) is 0 Å². The van der Waals surface area contributed by atoms with E-state index in [0.717, 1.165) is 47.5 Å². The number of thioether (sulfide) groups is 1. The van der Waals surface area contributed by atoms with E-state index in [1.165, 1.54) is 17.8 Å². The highest BCUT2D eigenvalue weighted by Gasteiger charge is 2.14. The first-order valence-corrected chi connectivity index (χ1v) is 11.6. The van der Waals surface area contributed by atoms with Crippen molar-refractivity contribution < 1.29 is 13.5 Å². The molecule has 0 aliphatic rings. The predicted molar refractivity (Wildman–Crippen MR) is 123 cm³/mol. The Balaban J connectivity index is 1.39. The molecule has 0 radical (unpaired) electrons. The van der Waals surface area contributed by atoms with Gasteiger partial charge in [0, 0.05) is 29.3 Å². The van der Waals surface area contributed by atoms with Crippen LogP contribution < -0.4 is 4.74 Å². The molecule has 0 spiro atoms. The first-order chi connectivity index (χ1) is 16.1. The SMILES string of the molecule is CCCCOc1ccc(-c2cc3c4nnc(SCc5cc(F)ccc5F)n4ccn3n2)cc1. The molecule has 33 heavy (non-hydrogen) atoms. The Morgan fingerprint density at radius 2 is 1.85 bits per heavy atom. The average Bonchev–Trinajstić information content (AvgIpc) is 3.44. The molecule has 0 unspecified atom stereocenters. The molecule has 0 saturated carbocycles. The largest absolute Gasteiger partial charge is 0.494 e. The van der Waals surface area contributed by atoms with Crippen molar-refractivity contribution in [3.63, 3.8) is 0 Å². The molecule has 2 aromatic carbocycles. The fraction of sp³-hybridized carbons (Fsp3) is 0.208. The van der Waals surface area contributed by atoms with Gasteiger partial charge in [-0.25, -0.2) is 13.3 Å². The molecule has 5 aromatic rings. The summed E-state index contributed by atoms with van der Waals surface area (Å²) in [6.45, 7) is 2.84. The third-order valence-electron chi connectivity index (χ3n) is 5.27. The van der Waals surface area contributed by atoms with Crippen LogP contribution in [0.25, 0.3) is 22.4 Å². The van der Waals surface area contributed by atoms with Crippen LogP contribution in [-0.4, -0.2) is 30.8 Å². The molecule has 5 rings (SSSR count). The maximum atomic E-state index is 13.9. The minimum Gasteiger partial charge on any atom is -0.494 e. The number of unbranched alkanes of at least 4 members (excludes halogenated alkanes) is 1. The second kappa shape index (κ2) is 9.19. The van der Waals surface area contributed by atoms with E-state index < -0.39 is 11.6 Å². The standard InChI is InChI=1S/C24H21F2N5OS/c1-2-3-12-32-19-7-4-16(5-8-19)21-14-22-23-27-28-24(30(23)10-11-31(22)29-21)33-15-17-13-18(25)6-9-20(17)26/h4-11,13-14H,2-3,12,15H2,1H3. The van der Waals surface area contributed by atoms with E-state index in [9.17, 15) is 8.78 Å². The summed E-state index contributed by atoms with van der Waals surface area (Å²) in [4.78, 5) is 0. The summed E-state index contributed by atoms with van der Waals surface area (Å²) in [5.41, 5.74) is 3.49. The number of hydrogen-bond donors (Lipinski definition) is 0. The summed E-state index contributed by atoms with van der Waals surface area (Å²) in [7, 11) is 0. The molecule has 0 aliphatic heterocycles. The van der Waals surface area contributed by atoms with E-state index in [-0.39, 0.29) is 11.3 Å². The summed E-state index contributed by atoms with van der Waals surface area (Å²) >= 11 is 1.29. The Bertz CT molecular complexity index is 1410. The molecule has 168 valence electrons. The van der Waals surface area contributed by atoms with Gasteiger partial charge in [-0.1, -0.05) is 25.1 Å². The number of hydrogen-bond acceptors (Lipinski definition) is 5. The van der Waals surface area contributed by atoms with Crippen molar-refractivity contribution >= 4 is 22.9 Å². The first kappa shape index (κ1) is 21.4. The Morgan fingerprint density at radius 1 is 1.00 bits per heavy atom. The van der Waals surface area contributed by atoms with Crippen LogP contribution in [0.15, 0.2) is 66.1 Å². The summed E-state index contributed by atoms with van der Waals surface area (Å²) in [5.74, 6) is 0.175. The van der Waals surface area contributed by atoms with E-state index in [1.807, 2.05) is 47.1 Å². The van der Waals surface area contributed by atoms with Crippen molar-refractivity contribution in [3.05, 3.63) is 78.1 Å². The molecule has 3 heterocycles. The fourth-order valence-corrected chi connectivity index (χ4v) is 4.37. The van der Waals surface area contributed by atoms with Crippen LogP contribution in [0.5, 0.6) is 5.75 Å². The number of halogens is 2. The molecule has 0 N–H and O–H groups in total. The van der Waals surface area contributed by atoms with Crippen LogP contribution in [-0.2, 0) is 5.75 Å². The highest BCUT2D eigenvalue weighted by molar-refractivity contribution is 7.98. The Kier molecular flexibility index (Phi) is 5.95. The number of aromatic nitrogens is 5. The number of rotatable bonds is 8. The number of nitrogens with zero attached hydrogens (tertiary/aromatic N) is 5. The third kappa shape index (κ3) is 4.41. The van der Waals surface area contributed by atoms with Crippen molar-refractivity contribution in [2.24, 2.45) is 0 Å². The van der Waals surface area contributed by atoms with Crippen LogP contribution in [0.2, 0.25) is 0 Å². The lowest BCUT2D eigenvalue weighted by Crippen LogP contribution is -1.96. The number of fused-ring (bicyclic) bond motifs is 3. The van der Waals surface area contributed by atoms with Gasteiger partial charge in [-0.3, -0.25) is 4.40 Å². The summed E-state index contributed by atoms with van der Waals surface area (Å²) in [6, 6.07) is 13.3. The maximum absolute atomic E-state index is 13.9. The normalized spacial score (nSPS) is 11.5. The van der Waals surface area contributed by atoms with E-state index >= 15 is 0 Å². The minimum absolute atomic E-state index is 0.243. The molecule has 0 aliphatic carbocycles. The predicted octanol–water partition coefficient (Wildman–Crippen LogP) is 5.79. The Hall–Kier alpha value is -3.46. The zero-order valence-corrected chi connectivity index (χ0v) is 18.7. The summed E-state index contributed by atoms with van der Waals surface area (Å²) < 4.78 is 36.7. The summed E-state index contributed by atoms with van der Waals surface area (Å²) in [5, 5.41) is 13.8. The molecule has 0 bridgehead atoms. The van der Waals surface area contributed by atoms with Crippen molar-refractivity contribution in [2.45, 2.75) is 30.7 Å². The monoisotopic (exact) mass is 465 g/mol. The molecular weight excluding hydrogens is 444 g/mol. The molecule has 0 fully saturated rings. The molecule has 6 nitrogen and oxygen atoms in total. The maximum Gasteiger partial charge on any atom is 0.196 e. The molecule has 9 heteroatoms. The van der Waals surface area contributed by atoms with E-state index in [1.54, 1.807) is 4.52 Å². The van der Waals surface area contributed by atoms with Gasteiger partial charge in [0.2, 0.25) is 0 Å². The van der Waals surface area contributed by atoms with Crippen molar-refractivity contribution in [3.8, 4) is 17.0 Å². The molecule has 3 aromatic heterocycles. The van der Waals surface area contributed by atoms with Gasteiger partial charge in [-0.05, 0) is 55.0 Å². The topological polar surface area (TPSA) is 56.7 Å². The zero-order chi connectivity index (χ0) is 22.8. The van der Waals surface area contributed by atoms with Crippen molar-refractivity contribution in [2.75, 3.05) is 6.61 Å². The second-order valence-electron chi connectivity index (χ2n) is 7.58. The van der Waals surface area contributed by atoms with Gasteiger partial charge in [-0.2, -0.15) is 5.10 Å². The Labute approximate surface area is 193 Å². The third-order valence-corrected chi connectivity index (χ3v) is 6.26. The number of ether oxygens (including phenoxy) is 1. The van der Waals surface area contributed by atoms with Gasteiger partial charge in [0.25, 0.3) is 0 Å². The van der Waals surface area contributed by atoms with Gasteiger partial charge >= 0.3 is 0 Å². The van der Waals surface area contributed by atoms with E-state index in [0.29, 0.717) is 17.4 Å². The van der Waals surface area contributed by atoms with Crippen LogP contribution in [0.4, 0.5) is 8.78 Å². The second-order valence-corrected chi connectivity index (χ2v) is 8.53. The fourth-order valence-electron chi connectivity index (χ4n) is 3.48. The zero-order valence-electron chi connectivity index (χ0n) is 17.9. The van der Waals surface area contributed by atoms with Gasteiger partial charge < -0.3 is 4.74 Å². The van der Waals surface area contributed by atoms with Crippen LogP contribution in [0, 0.1) is 11.6 Å². The number of benzene rings is 2.